The SMILES string of the molecule is COc1nc(C2CCC(OC(=O)c3ccccc3)CC2)c(O[C@H]2CCN3C(=O)OC[C@@H]3C2)cc1C(=O)NCc1ccc(Cl)cc1. The molecular weight excluding hydrogens is 598 g/mol. The van der Waals surface area contributed by atoms with E-state index in [1.807, 2.05) is 30.3 Å². The molecule has 0 bridgehead atoms. The summed E-state index contributed by atoms with van der Waals surface area (Å²) in [7, 11) is 1.50. The standard InChI is InChI=1S/C34H36ClN3O7/c1-42-32-28(31(39)36-19-21-7-11-24(35)12-8-21)18-29(44-27-15-16-38-25(17-27)20-43-34(38)41)30(37-32)22-9-13-26(14-10-22)45-33(40)23-5-3-2-4-6-23/h2-8,11-12,18,22,25-27H,9-10,13-17,19-20H2,1H3,(H,36,39)/t22?,25-,26?,27-/m0/s1. The molecular formula is C34H36ClN3O7. The summed E-state index contributed by atoms with van der Waals surface area (Å²) in [5.74, 6) is 0.0988. The van der Waals surface area contributed by atoms with Gasteiger partial charge in [-0.15, -0.1) is 0 Å². The first-order valence-electron chi connectivity index (χ1n) is 15.4. The third kappa shape index (κ3) is 7.17. The fraction of sp³-hybridized carbons (Fsp3) is 0.412. The van der Waals surface area contributed by atoms with Crippen LogP contribution < -0.4 is 14.8 Å². The van der Waals surface area contributed by atoms with Gasteiger partial charge in [0.2, 0.25) is 5.88 Å². The normalized spacial score (nSPS) is 22.6. The Hall–Kier alpha value is -4.31. The minimum Gasteiger partial charge on any atom is -0.488 e. The highest BCUT2D eigenvalue weighted by Crippen LogP contribution is 2.41. The summed E-state index contributed by atoms with van der Waals surface area (Å²) in [4.78, 5) is 44.7. The number of amides is 2. The number of carbonyl (C=O) groups excluding carboxylic acids is 3. The summed E-state index contributed by atoms with van der Waals surface area (Å²) in [6.07, 6.45) is 3.41. The molecule has 2 amide bonds. The summed E-state index contributed by atoms with van der Waals surface area (Å²) in [6.45, 7) is 1.19. The largest absolute Gasteiger partial charge is 0.488 e. The third-order valence-corrected chi connectivity index (χ3v) is 8.98. The highest BCUT2D eigenvalue weighted by Gasteiger charge is 2.39. The lowest BCUT2D eigenvalue weighted by atomic mass is 9.84. The Morgan fingerprint density at radius 3 is 2.51 bits per heavy atom. The third-order valence-electron chi connectivity index (χ3n) is 8.72. The number of pyridine rings is 1. The average Bonchev–Trinajstić information content (AvgIpc) is 3.44. The van der Waals surface area contributed by atoms with Crippen LogP contribution in [-0.4, -0.2) is 66.4 Å². The first-order valence-corrected chi connectivity index (χ1v) is 15.7. The van der Waals surface area contributed by atoms with Crippen molar-refractivity contribution in [3.8, 4) is 11.6 Å². The lowest BCUT2D eigenvalue weighted by Gasteiger charge is -2.34. The van der Waals surface area contributed by atoms with Crippen molar-refractivity contribution in [3.63, 3.8) is 0 Å². The second-order valence-electron chi connectivity index (χ2n) is 11.7. The molecule has 0 unspecified atom stereocenters. The number of halogens is 1. The molecule has 3 aromatic rings. The van der Waals surface area contributed by atoms with Crippen molar-refractivity contribution in [2.75, 3.05) is 20.3 Å². The van der Waals surface area contributed by atoms with E-state index in [9.17, 15) is 14.4 Å². The molecule has 10 nitrogen and oxygen atoms in total. The van der Waals surface area contributed by atoms with E-state index in [4.69, 9.17) is 35.5 Å². The smallest absolute Gasteiger partial charge is 0.410 e. The molecule has 1 saturated carbocycles. The number of aromatic nitrogens is 1. The molecule has 2 aromatic carbocycles. The number of piperidine rings is 1. The zero-order valence-corrected chi connectivity index (χ0v) is 25.8. The topological polar surface area (TPSA) is 116 Å². The van der Waals surface area contributed by atoms with E-state index in [1.165, 1.54) is 7.11 Å². The first kappa shape index (κ1) is 30.7. The van der Waals surface area contributed by atoms with Crippen LogP contribution in [0.25, 0.3) is 0 Å². The van der Waals surface area contributed by atoms with Crippen molar-refractivity contribution in [2.24, 2.45) is 0 Å². The minimum absolute atomic E-state index is 0.0169. The van der Waals surface area contributed by atoms with Gasteiger partial charge in [0.25, 0.3) is 5.91 Å². The van der Waals surface area contributed by atoms with Crippen molar-refractivity contribution in [1.82, 2.24) is 15.2 Å². The Bertz CT molecular complexity index is 1530. The van der Waals surface area contributed by atoms with Crippen LogP contribution in [0.3, 0.4) is 0 Å². The highest BCUT2D eigenvalue weighted by molar-refractivity contribution is 6.30. The van der Waals surface area contributed by atoms with E-state index in [-0.39, 0.29) is 53.6 Å². The van der Waals surface area contributed by atoms with Crippen LogP contribution in [0.15, 0.2) is 60.7 Å². The molecule has 0 radical (unpaired) electrons. The predicted octanol–water partition coefficient (Wildman–Crippen LogP) is 5.92. The van der Waals surface area contributed by atoms with Gasteiger partial charge in [-0.1, -0.05) is 41.9 Å². The summed E-state index contributed by atoms with van der Waals surface area (Å²) >= 11 is 6.00. The number of rotatable bonds is 9. The number of benzene rings is 2. The van der Waals surface area contributed by atoms with Crippen LogP contribution in [0.4, 0.5) is 4.79 Å². The fourth-order valence-electron chi connectivity index (χ4n) is 6.27. The van der Waals surface area contributed by atoms with E-state index >= 15 is 0 Å². The van der Waals surface area contributed by atoms with Crippen LogP contribution >= 0.6 is 11.6 Å². The Kier molecular flexibility index (Phi) is 9.39. The molecule has 2 saturated heterocycles. The van der Waals surface area contributed by atoms with Gasteiger partial charge in [0.15, 0.2) is 0 Å². The number of ether oxygens (including phenoxy) is 4. The van der Waals surface area contributed by atoms with Gasteiger partial charge < -0.3 is 29.2 Å². The molecule has 6 rings (SSSR count). The molecule has 2 atom stereocenters. The lowest BCUT2D eigenvalue weighted by molar-refractivity contribution is 0.0191. The fourth-order valence-corrected chi connectivity index (χ4v) is 6.40. The minimum atomic E-state index is -0.341. The van der Waals surface area contributed by atoms with Gasteiger partial charge in [0.1, 0.15) is 30.1 Å². The van der Waals surface area contributed by atoms with Gasteiger partial charge >= 0.3 is 12.1 Å². The van der Waals surface area contributed by atoms with Crippen molar-refractivity contribution in [2.45, 2.75) is 69.2 Å². The zero-order chi connectivity index (χ0) is 31.3. The van der Waals surface area contributed by atoms with Crippen LogP contribution in [0.2, 0.25) is 5.02 Å². The van der Waals surface area contributed by atoms with Crippen molar-refractivity contribution < 1.29 is 33.3 Å². The van der Waals surface area contributed by atoms with Crippen molar-refractivity contribution >= 4 is 29.6 Å². The molecule has 2 aliphatic heterocycles. The van der Waals surface area contributed by atoms with E-state index in [1.54, 1.807) is 35.2 Å². The molecule has 1 aromatic heterocycles. The van der Waals surface area contributed by atoms with E-state index < -0.39 is 0 Å². The van der Waals surface area contributed by atoms with Crippen LogP contribution in [0.5, 0.6) is 11.6 Å². The monoisotopic (exact) mass is 633 g/mol. The summed E-state index contributed by atoms with van der Waals surface area (Å²) in [6, 6.07) is 17.9. The Labute approximate surface area is 267 Å². The van der Waals surface area contributed by atoms with Crippen LogP contribution in [-0.2, 0) is 16.0 Å². The van der Waals surface area contributed by atoms with E-state index in [2.05, 4.69) is 5.32 Å². The summed E-state index contributed by atoms with van der Waals surface area (Å²) in [5.41, 5.74) is 2.42. The average molecular weight is 634 g/mol. The van der Waals surface area contributed by atoms with Gasteiger partial charge in [-0.3, -0.25) is 4.79 Å². The second kappa shape index (κ2) is 13.8. The molecule has 11 heteroatoms. The number of fused-ring (bicyclic) bond motifs is 1. The molecule has 1 N–H and O–H groups in total. The summed E-state index contributed by atoms with van der Waals surface area (Å²) < 4.78 is 23.3. The maximum absolute atomic E-state index is 13.4. The molecule has 3 heterocycles. The quantitative estimate of drug-likeness (QED) is 0.289. The highest BCUT2D eigenvalue weighted by atomic mass is 35.5. The van der Waals surface area contributed by atoms with Crippen molar-refractivity contribution in [1.29, 1.82) is 0 Å². The van der Waals surface area contributed by atoms with Gasteiger partial charge in [-0.2, -0.15) is 0 Å². The molecule has 0 spiro atoms. The Morgan fingerprint density at radius 2 is 1.78 bits per heavy atom. The van der Waals surface area contributed by atoms with E-state index in [0.29, 0.717) is 61.7 Å². The number of cyclic esters (lactones) is 1. The van der Waals surface area contributed by atoms with Crippen LogP contribution in [0.1, 0.15) is 76.4 Å². The molecule has 3 aliphatic rings. The summed E-state index contributed by atoms with van der Waals surface area (Å²) in [5, 5.41) is 3.57. The van der Waals surface area contributed by atoms with Crippen molar-refractivity contribution in [3.05, 3.63) is 88.1 Å². The predicted molar refractivity (Wildman–Crippen MR) is 166 cm³/mol. The lowest BCUT2D eigenvalue weighted by Crippen LogP contribution is -2.44. The maximum Gasteiger partial charge on any atom is 0.410 e. The number of methoxy groups -OCH3 is 1. The van der Waals surface area contributed by atoms with Gasteiger partial charge in [-0.05, 0) is 55.5 Å². The van der Waals surface area contributed by atoms with Gasteiger partial charge in [0.05, 0.1) is 24.4 Å². The Morgan fingerprint density at radius 1 is 1.02 bits per heavy atom. The van der Waals surface area contributed by atoms with Gasteiger partial charge in [-0.25, -0.2) is 14.6 Å². The number of hydrogen-bond acceptors (Lipinski definition) is 8. The molecule has 1 aliphatic carbocycles. The van der Waals surface area contributed by atoms with Crippen LogP contribution in [0, 0.1) is 0 Å². The molecule has 236 valence electrons. The van der Waals surface area contributed by atoms with E-state index in [0.717, 1.165) is 24.1 Å². The first-order chi connectivity index (χ1) is 21.9. The molecule has 45 heavy (non-hydrogen) atoms. The molecule has 3 fully saturated rings. The zero-order valence-electron chi connectivity index (χ0n) is 25.1. The second-order valence-corrected chi connectivity index (χ2v) is 12.1. The number of hydrogen-bond donors (Lipinski definition) is 1. The number of esters is 1. The van der Waals surface area contributed by atoms with Gasteiger partial charge in [0, 0.05) is 42.9 Å². The number of carbonyl (C=O) groups is 3. The maximum atomic E-state index is 13.4. The number of nitrogens with one attached hydrogen (secondary N) is 1. The number of nitrogens with zero attached hydrogens (tertiary/aromatic N) is 2. The Balaban J connectivity index is 1.20.